The van der Waals surface area contributed by atoms with Gasteiger partial charge in [-0.1, -0.05) is 0 Å². The Morgan fingerprint density at radius 3 is 2.38 bits per heavy atom. The van der Waals surface area contributed by atoms with Crippen LogP contribution in [0.25, 0.3) is 10.0 Å². The van der Waals surface area contributed by atoms with E-state index < -0.39 is 0 Å². The molecule has 0 aliphatic rings. The second kappa shape index (κ2) is 3.82. The van der Waals surface area contributed by atoms with Crippen LogP contribution < -0.4 is 4.74 Å². The number of rotatable bonds is 2. The van der Waals surface area contributed by atoms with E-state index in [1.165, 1.54) is 10.0 Å². The molecule has 0 saturated carbocycles. The summed E-state index contributed by atoms with van der Waals surface area (Å²) in [6.07, 6.45) is 0. The molecular formula is C11H10OSe. The molecule has 2 rings (SSSR count). The summed E-state index contributed by atoms with van der Waals surface area (Å²) in [5, 5.41) is 0. The summed E-state index contributed by atoms with van der Waals surface area (Å²) in [6.45, 7) is 0. The Bertz CT molecular complexity index is 361. The van der Waals surface area contributed by atoms with E-state index in [1.807, 2.05) is 12.1 Å². The molecule has 1 aromatic carbocycles. The number of hydrogen-bond acceptors (Lipinski definition) is 1. The monoisotopic (exact) mass is 238 g/mol. The van der Waals surface area contributed by atoms with Gasteiger partial charge in [-0.25, -0.2) is 0 Å². The van der Waals surface area contributed by atoms with Crippen molar-refractivity contribution in [3.8, 4) is 15.8 Å². The Morgan fingerprint density at radius 1 is 1.08 bits per heavy atom. The Hall–Kier alpha value is -0.981. The summed E-state index contributed by atoms with van der Waals surface area (Å²) in [5.41, 5.74) is 1.31. The first kappa shape index (κ1) is 8.61. The van der Waals surface area contributed by atoms with E-state index in [4.69, 9.17) is 4.74 Å². The molecule has 0 aliphatic carbocycles. The molecule has 0 atom stereocenters. The first-order valence-electron chi connectivity index (χ1n) is 4.08. The van der Waals surface area contributed by atoms with Gasteiger partial charge in [0, 0.05) is 0 Å². The third-order valence-corrected chi connectivity index (χ3v) is 3.82. The van der Waals surface area contributed by atoms with Crippen molar-refractivity contribution in [1.82, 2.24) is 0 Å². The summed E-state index contributed by atoms with van der Waals surface area (Å²) in [6, 6.07) is 12.5. The standard InChI is InChI=1S/C11H10OSe/c1-12-10-6-4-9(5-7-10)11-3-2-8-13-11/h2-8H,1H3. The van der Waals surface area contributed by atoms with Gasteiger partial charge in [0.25, 0.3) is 0 Å². The number of benzene rings is 1. The maximum atomic E-state index is 5.10. The van der Waals surface area contributed by atoms with Crippen LogP contribution in [0.1, 0.15) is 0 Å². The van der Waals surface area contributed by atoms with Crippen molar-refractivity contribution in [2.24, 2.45) is 0 Å². The fourth-order valence-corrected chi connectivity index (χ4v) is 2.74. The molecule has 13 heavy (non-hydrogen) atoms. The normalized spacial score (nSPS) is 9.92. The predicted octanol–water partition coefficient (Wildman–Crippen LogP) is 2.42. The molecule has 0 bridgehead atoms. The van der Waals surface area contributed by atoms with Crippen LogP contribution in [0.3, 0.4) is 0 Å². The average Bonchev–Trinajstić information content (AvgIpc) is 2.71. The molecule has 1 aromatic heterocycles. The van der Waals surface area contributed by atoms with Gasteiger partial charge < -0.3 is 0 Å². The van der Waals surface area contributed by atoms with E-state index in [1.54, 1.807) is 7.11 Å². The molecule has 2 aromatic rings. The molecule has 0 spiro atoms. The summed E-state index contributed by atoms with van der Waals surface area (Å²) in [4.78, 5) is 2.23. The summed E-state index contributed by atoms with van der Waals surface area (Å²) >= 11 is 0.522. The van der Waals surface area contributed by atoms with Gasteiger partial charge in [0.1, 0.15) is 0 Å². The maximum absolute atomic E-state index is 5.10. The van der Waals surface area contributed by atoms with Gasteiger partial charge >= 0.3 is 83.4 Å². The van der Waals surface area contributed by atoms with Crippen LogP contribution in [0.15, 0.2) is 41.3 Å². The molecule has 1 heterocycles. The van der Waals surface area contributed by atoms with E-state index >= 15 is 0 Å². The number of hydrogen-bond donors (Lipinski definition) is 0. The van der Waals surface area contributed by atoms with Crippen LogP contribution in [0.2, 0.25) is 0 Å². The van der Waals surface area contributed by atoms with E-state index in [0.717, 1.165) is 5.75 Å². The van der Waals surface area contributed by atoms with Crippen molar-refractivity contribution >= 4 is 14.5 Å². The van der Waals surface area contributed by atoms with Crippen molar-refractivity contribution in [3.63, 3.8) is 0 Å². The third-order valence-electron chi connectivity index (χ3n) is 1.90. The molecule has 2 heteroatoms. The van der Waals surface area contributed by atoms with Crippen LogP contribution in [0.4, 0.5) is 0 Å². The molecule has 0 radical (unpaired) electrons. The molecular weight excluding hydrogens is 227 g/mol. The fourth-order valence-electron chi connectivity index (χ4n) is 1.20. The SMILES string of the molecule is COc1ccc(-c2ccc[se]2)cc1. The van der Waals surface area contributed by atoms with Gasteiger partial charge in [-0.05, 0) is 0 Å². The minimum absolute atomic E-state index is 0.522. The van der Waals surface area contributed by atoms with Gasteiger partial charge in [0.15, 0.2) is 0 Å². The van der Waals surface area contributed by atoms with Crippen molar-refractivity contribution in [3.05, 3.63) is 41.3 Å². The van der Waals surface area contributed by atoms with Crippen molar-refractivity contribution in [1.29, 1.82) is 0 Å². The van der Waals surface area contributed by atoms with E-state index in [2.05, 4.69) is 29.2 Å². The van der Waals surface area contributed by atoms with Crippen LogP contribution in [-0.4, -0.2) is 21.6 Å². The second-order valence-corrected chi connectivity index (χ2v) is 4.69. The summed E-state index contributed by atoms with van der Waals surface area (Å²) in [7, 11) is 1.69. The fraction of sp³-hybridized carbons (Fsp3) is 0.0909. The number of ether oxygens (including phenoxy) is 1. The predicted molar refractivity (Wildman–Crippen MR) is 55.4 cm³/mol. The molecule has 0 fully saturated rings. The molecule has 0 N–H and O–H groups in total. The van der Waals surface area contributed by atoms with Gasteiger partial charge in [0.2, 0.25) is 0 Å². The zero-order valence-corrected chi connectivity index (χ0v) is 9.07. The van der Waals surface area contributed by atoms with E-state index in [-0.39, 0.29) is 0 Å². The molecule has 0 unspecified atom stereocenters. The average molecular weight is 237 g/mol. The summed E-state index contributed by atoms with van der Waals surface area (Å²) in [5.74, 6) is 0.919. The zero-order valence-electron chi connectivity index (χ0n) is 7.36. The van der Waals surface area contributed by atoms with Crippen LogP contribution >= 0.6 is 0 Å². The van der Waals surface area contributed by atoms with E-state index in [0.29, 0.717) is 14.5 Å². The Morgan fingerprint density at radius 2 is 1.85 bits per heavy atom. The Kier molecular flexibility index (Phi) is 2.53. The topological polar surface area (TPSA) is 9.23 Å². The number of methoxy groups -OCH3 is 1. The first-order chi connectivity index (χ1) is 6.40. The van der Waals surface area contributed by atoms with Gasteiger partial charge in [-0.2, -0.15) is 0 Å². The van der Waals surface area contributed by atoms with E-state index in [9.17, 15) is 0 Å². The molecule has 0 amide bonds. The Balaban J connectivity index is 2.33. The van der Waals surface area contributed by atoms with Crippen LogP contribution in [0, 0.1) is 0 Å². The van der Waals surface area contributed by atoms with Crippen LogP contribution in [0.5, 0.6) is 5.75 Å². The second-order valence-electron chi connectivity index (χ2n) is 2.71. The summed E-state index contributed by atoms with van der Waals surface area (Å²) < 4.78 is 6.54. The zero-order chi connectivity index (χ0) is 9.10. The molecule has 66 valence electrons. The van der Waals surface area contributed by atoms with Gasteiger partial charge in [0.05, 0.1) is 0 Å². The quantitative estimate of drug-likeness (QED) is 0.729. The van der Waals surface area contributed by atoms with Crippen LogP contribution in [-0.2, 0) is 0 Å². The van der Waals surface area contributed by atoms with Crippen molar-refractivity contribution in [2.45, 2.75) is 0 Å². The third kappa shape index (κ3) is 1.85. The Labute approximate surface area is 83.7 Å². The van der Waals surface area contributed by atoms with Gasteiger partial charge in [-0.3, -0.25) is 0 Å². The minimum atomic E-state index is 0.522. The van der Waals surface area contributed by atoms with Gasteiger partial charge in [-0.15, -0.1) is 0 Å². The molecule has 0 aliphatic heterocycles. The molecule has 0 saturated heterocycles. The van der Waals surface area contributed by atoms with Crippen molar-refractivity contribution in [2.75, 3.05) is 7.11 Å². The van der Waals surface area contributed by atoms with Crippen molar-refractivity contribution < 1.29 is 4.74 Å². The molecule has 1 nitrogen and oxygen atoms in total. The first-order valence-corrected chi connectivity index (χ1v) is 5.92.